The molecule has 8 N–H and O–H groups in total. The average molecular weight is 679 g/mol. The molecule has 0 spiro atoms. The van der Waals surface area contributed by atoms with E-state index in [1.807, 2.05) is 59.6 Å². The maximum Gasteiger partial charge on any atom is 0.240 e. The highest BCUT2D eigenvalue weighted by Crippen LogP contribution is 2.35. The molecule has 0 aliphatic carbocycles. The van der Waals surface area contributed by atoms with Gasteiger partial charge in [-0.25, -0.2) is 19.8 Å². The van der Waals surface area contributed by atoms with E-state index in [9.17, 15) is 9.18 Å². The largest absolute Gasteiger partial charge is 0.383 e. The van der Waals surface area contributed by atoms with Crippen molar-refractivity contribution in [3.8, 4) is 28.6 Å². The van der Waals surface area contributed by atoms with Crippen LogP contribution < -0.4 is 22.7 Å². The van der Waals surface area contributed by atoms with E-state index in [-0.39, 0.29) is 17.6 Å². The smallest absolute Gasteiger partial charge is 0.240 e. The highest BCUT2D eigenvalue weighted by atomic mass is 19.1. The Morgan fingerprint density at radius 2 is 1.36 bits per heavy atom. The van der Waals surface area contributed by atoms with Gasteiger partial charge < -0.3 is 21.7 Å². The third kappa shape index (κ3) is 6.70. The number of halogens is 1. The molecule has 0 saturated carbocycles. The van der Waals surface area contributed by atoms with Gasteiger partial charge in [-0.05, 0) is 76.2 Å². The molecule has 15 nitrogen and oxygen atoms in total. The first-order valence-corrected chi connectivity index (χ1v) is 15.4. The molecule has 2 aromatic carbocycles. The topological polar surface area (TPSA) is 239 Å². The van der Waals surface area contributed by atoms with Crippen LogP contribution in [-0.2, 0) is 4.79 Å². The van der Waals surface area contributed by atoms with Gasteiger partial charge in [-0.2, -0.15) is 15.5 Å². The van der Waals surface area contributed by atoms with Crippen LogP contribution in [0.15, 0.2) is 65.4 Å². The zero-order chi connectivity index (χ0) is 36.3. The highest BCUT2D eigenvalue weighted by molar-refractivity contribution is 6.02. The van der Waals surface area contributed by atoms with E-state index in [1.54, 1.807) is 18.5 Å². The molecule has 0 saturated heterocycles. The summed E-state index contributed by atoms with van der Waals surface area (Å²) in [7, 11) is 0. The summed E-state index contributed by atoms with van der Waals surface area (Å²) in [5, 5.41) is 32.0. The number of nitriles is 1. The van der Waals surface area contributed by atoms with Gasteiger partial charge in [0.1, 0.15) is 34.9 Å². The number of nitrogen functional groups attached to an aromatic ring is 3. The summed E-state index contributed by atoms with van der Waals surface area (Å²) < 4.78 is 22.5. The van der Waals surface area contributed by atoms with Gasteiger partial charge in [-0.3, -0.25) is 19.4 Å². The fraction of sp³-hybridized carbons (Fsp3) is 0.206. The summed E-state index contributed by atoms with van der Waals surface area (Å²) in [5.41, 5.74) is 24.7. The second-order valence-electron chi connectivity index (χ2n) is 11.7. The van der Waals surface area contributed by atoms with Gasteiger partial charge in [0.2, 0.25) is 5.91 Å². The van der Waals surface area contributed by atoms with Gasteiger partial charge in [-0.15, -0.1) is 0 Å². The Hall–Kier alpha value is -6.60. The van der Waals surface area contributed by atoms with E-state index in [2.05, 4.69) is 34.1 Å². The van der Waals surface area contributed by atoms with Crippen molar-refractivity contribution in [3.63, 3.8) is 0 Å². The Kier molecular flexibility index (Phi) is 9.90. The number of nitrogens with one attached hydrogen (secondary N) is 1. The Labute approximate surface area is 285 Å². The van der Waals surface area contributed by atoms with E-state index in [4.69, 9.17) is 37.3 Å². The fourth-order valence-electron chi connectivity index (χ4n) is 5.28. The second kappa shape index (κ2) is 14.3. The normalized spacial score (nSPS) is 11.0. The van der Waals surface area contributed by atoms with Crippen molar-refractivity contribution >= 4 is 56.1 Å². The van der Waals surface area contributed by atoms with Crippen molar-refractivity contribution in [2.45, 2.75) is 46.7 Å². The fourth-order valence-corrected chi connectivity index (χ4v) is 5.28. The number of fused-ring (bicyclic) bond motifs is 3. The quantitative estimate of drug-likeness (QED) is 0.110. The van der Waals surface area contributed by atoms with E-state index < -0.39 is 11.7 Å². The van der Waals surface area contributed by atoms with Crippen molar-refractivity contribution < 1.29 is 18.9 Å². The van der Waals surface area contributed by atoms with Gasteiger partial charge in [0, 0.05) is 42.5 Å². The molecule has 5 heterocycles. The van der Waals surface area contributed by atoms with Crippen LogP contribution in [0.2, 0.25) is 0 Å². The standard InChI is InChI=1S/C16H14FN5.C16H16N6O.C2H5NO2/c1-9(2)22-13-5-6-20-16(19)14(13)15(21-22)10-3-4-12(17)11(7-10)8-18;1-8(2)22-11-5-6-19-16(18)13(11)14(20-22)9-3-4-12-10(7-9)15(17)21-23-12;1-2(4)3-5/h3-7,9H,1-2H3,(H2,19,20);3-8H,1-2H3,(H2,17,21)(H2,18,19);5H,1H3,(H,3,4). The molecule has 7 aromatic rings. The van der Waals surface area contributed by atoms with Crippen LogP contribution in [0, 0.1) is 17.1 Å². The van der Waals surface area contributed by atoms with E-state index >= 15 is 0 Å². The number of anilines is 3. The molecule has 1 amide bonds. The summed E-state index contributed by atoms with van der Waals surface area (Å²) in [6.07, 6.45) is 3.33. The minimum absolute atomic E-state index is 0.0211. The first-order chi connectivity index (χ1) is 23.9. The minimum atomic E-state index is -0.551. The molecule has 0 radical (unpaired) electrons. The van der Waals surface area contributed by atoms with Crippen LogP contribution in [0.5, 0.6) is 0 Å². The van der Waals surface area contributed by atoms with Crippen LogP contribution in [0.3, 0.4) is 0 Å². The first kappa shape index (κ1) is 34.7. The molecule has 0 atom stereocenters. The Morgan fingerprint density at radius 1 is 0.860 bits per heavy atom. The number of carbonyl (C=O) groups excluding carboxylic acids is 1. The molecule has 16 heteroatoms. The molecule has 50 heavy (non-hydrogen) atoms. The van der Waals surface area contributed by atoms with Crippen molar-refractivity contribution in [2.75, 3.05) is 17.2 Å². The Morgan fingerprint density at radius 3 is 1.84 bits per heavy atom. The molecular weight excluding hydrogens is 643 g/mol. The van der Waals surface area contributed by atoms with E-state index in [0.717, 1.165) is 33.1 Å². The Bertz CT molecular complexity index is 2390. The van der Waals surface area contributed by atoms with Crippen molar-refractivity contribution in [1.29, 1.82) is 5.26 Å². The molecule has 256 valence electrons. The first-order valence-electron chi connectivity index (χ1n) is 15.4. The predicted molar refractivity (Wildman–Crippen MR) is 188 cm³/mol. The number of hydrogen-bond acceptors (Lipinski definition) is 12. The summed E-state index contributed by atoms with van der Waals surface area (Å²) in [5.74, 6) is 0.195. The molecule has 0 aliphatic rings. The molecule has 7 rings (SSSR count). The van der Waals surface area contributed by atoms with Crippen LogP contribution in [-0.4, -0.2) is 45.8 Å². The number of aromatic nitrogens is 7. The molecule has 0 unspecified atom stereocenters. The third-order valence-corrected chi connectivity index (χ3v) is 7.57. The number of rotatable bonds is 4. The Balaban J connectivity index is 0.000000172. The lowest BCUT2D eigenvalue weighted by molar-refractivity contribution is -0.126. The number of benzene rings is 2. The van der Waals surface area contributed by atoms with Crippen molar-refractivity contribution in [3.05, 3.63) is 72.3 Å². The predicted octanol–water partition coefficient (Wildman–Crippen LogP) is 5.77. The monoisotopic (exact) mass is 678 g/mol. The van der Waals surface area contributed by atoms with Crippen molar-refractivity contribution in [1.82, 2.24) is 40.2 Å². The molecular formula is C34H35FN12O3. The number of amides is 1. The van der Waals surface area contributed by atoms with Gasteiger partial charge in [0.25, 0.3) is 0 Å². The number of nitrogens with two attached hydrogens (primary N) is 3. The molecule has 0 bridgehead atoms. The van der Waals surface area contributed by atoms with Gasteiger partial charge in [-0.1, -0.05) is 5.16 Å². The van der Waals surface area contributed by atoms with E-state index in [0.29, 0.717) is 39.7 Å². The maximum atomic E-state index is 13.5. The van der Waals surface area contributed by atoms with Crippen LogP contribution in [0.25, 0.3) is 55.3 Å². The summed E-state index contributed by atoms with van der Waals surface area (Å²) in [6, 6.07) is 16.0. The summed E-state index contributed by atoms with van der Waals surface area (Å²) in [6.45, 7) is 9.40. The lowest BCUT2D eigenvalue weighted by Crippen LogP contribution is -2.12. The highest BCUT2D eigenvalue weighted by Gasteiger charge is 2.20. The minimum Gasteiger partial charge on any atom is -0.383 e. The third-order valence-electron chi connectivity index (χ3n) is 7.57. The van der Waals surface area contributed by atoms with E-state index in [1.165, 1.54) is 24.5 Å². The zero-order valence-corrected chi connectivity index (χ0v) is 27.9. The van der Waals surface area contributed by atoms with Crippen LogP contribution in [0.4, 0.5) is 21.8 Å². The maximum absolute atomic E-state index is 13.5. The number of hydroxylamine groups is 1. The van der Waals surface area contributed by atoms with Gasteiger partial charge in [0.05, 0.1) is 32.8 Å². The summed E-state index contributed by atoms with van der Waals surface area (Å²) in [4.78, 5) is 17.8. The van der Waals surface area contributed by atoms with Gasteiger partial charge in [0.15, 0.2) is 11.4 Å². The van der Waals surface area contributed by atoms with Crippen LogP contribution >= 0.6 is 0 Å². The van der Waals surface area contributed by atoms with Crippen molar-refractivity contribution in [2.24, 2.45) is 0 Å². The number of carbonyl (C=O) groups is 1. The number of pyridine rings is 2. The molecule has 0 fully saturated rings. The molecule has 5 aromatic heterocycles. The summed E-state index contributed by atoms with van der Waals surface area (Å²) >= 11 is 0. The lowest BCUT2D eigenvalue weighted by Gasteiger charge is -2.06. The lowest BCUT2D eigenvalue weighted by atomic mass is 10.1. The molecule has 0 aliphatic heterocycles. The van der Waals surface area contributed by atoms with Crippen LogP contribution in [0.1, 0.15) is 52.3 Å². The second-order valence-corrected chi connectivity index (χ2v) is 11.7. The average Bonchev–Trinajstić information content (AvgIpc) is 3.80. The SMILES string of the molecule is CC(=O)NO.CC(C)n1nc(-c2ccc(F)c(C#N)c2)c2c(N)nccc21.CC(C)n1nc(-c2ccc3onc(N)c3c2)c2c(N)nccc21. The zero-order valence-electron chi connectivity index (χ0n) is 27.9. The number of nitrogens with zero attached hydrogens (tertiary/aromatic N) is 8. The van der Waals surface area contributed by atoms with Gasteiger partial charge >= 0.3 is 0 Å². The number of hydrogen-bond donors (Lipinski definition) is 5.